The molecule has 1 heterocycles. The van der Waals surface area contributed by atoms with E-state index in [1.54, 1.807) is 25.1 Å². The molecule has 1 N–H and O–H groups in total. The molecule has 96 valence electrons. The Morgan fingerprint density at radius 3 is 2.89 bits per heavy atom. The molecular formula is C13H15NO4. The van der Waals surface area contributed by atoms with Gasteiger partial charge in [0.15, 0.2) is 6.10 Å². The van der Waals surface area contributed by atoms with E-state index in [1.807, 2.05) is 6.92 Å². The van der Waals surface area contributed by atoms with Crippen molar-refractivity contribution in [3.05, 3.63) is 23.8 Å². The summed E-state index contributed by atoms with van der Waals surface area (Å²) in [5.74, 6) is -0.0207. The van der Waals surface area contributed by atoms with Gasteiger partial charge in [0.2, 0.25) is 0 Å². The van der Waals surface area contributed by atoms with E-state index in [4.69, 9.17) is 9.47 Å². The number of rotatable bonds is 3. The summed E-state index contributed by atoms with van der Waals surface area (Å²) >= 11 is 0. The number of amides is 1. The summed E-state index contributed by atoms with van der Waals surface area (Å²) < 4.78 is 10.4. The van der Waals surface area contributed by atoms with E-state index in [0.717, 1.165) is 0 Å². The lowest BCUT2D eigenvalue weighted by Gasteiger charge is -2.25. The van der Waals surface area contributed by atoms with Crippen molar-refractivity contribution in [3.8, 4) is 5.75 Å². The van der Waals surface area contributed by atoms with Crippen LogP contribution in [0.3, 0.4) is 0 Å². The molecule has 0 bridgehead atoms. The molecule has 0 saturated carbocycles. The topological polar surface area (TPSA) is 64.6 Å². The fraction of sp³-hybridized carbons (Fsp3) is 0.385. The molecule has 0 fully saturated rings. The summed E-state index contributed by atoms with van der Waals surface area (Å²) in [6.07, 6.45) is 0.135. The lowest BCUT2D eigenvalue weighted by atomic mass is 10.1. The molecule has 0 spiro atoms. The van der Waals surface area contributed by atoms with Gasteiger partial charge < -0.3 is 14.8 Å². The Morgan fingerprint density at radius 1 is 1.44 bits per heavy atom. The van der Waals surface area contributed by atoms with Crippen LogP contribution in [0.25, 0.3) is 0 Å². The Kier molecular flexibility index (Phi) is 3.50. The minimum Gasteiger partial charge on any atom is -0.478 e. The molecule has 1 aromatic rings. The van der Waals surface area contributed by atoms with Gasteiger partial charge in [-0.1, -0.05) is 6.92 Å². The highest BCUT2D eigenvalue weighted by Gasteiger charge is 2.26. The van der Waals surface area contributed by atoms with Gasteiger partial charge in [-0.05, 0) is 31.5 Å². The highest BCUT2D eigenvalue weighted by atomic mass is 16.5. The zero-order chi connectivity index (χ0) is 13.1. The molecule has 5 nitrogen and oxygen atoms in total. The third kappa shape index (κ3) is 2.30. The smallest absolute Gasteiger partial charge is 0.338 e. The first kappa shape index (κ1) is 12.4. The maximum Gasteiger partial charge on any atom is 0.338 e. The molecule has 5 heteroatoms. The van der Waals surface area contributed by atoms with Crippen molar-refractivity contribution in [1.29, 1.82) is 0 Å². The fourth-order valence-corrected chi connectivity index (χ4v) is 1.76. The molecule has 0 aliphatic carbocycles. The van der Waals surface area contributed by atoms with E-state index in [1.165, 1.54) is 0 Å². The lowest BCUT2D eigenvalue weighted by Crippen LogP contribution is -2.36. The van der Waals surface area contributed by atoms with E-state index in [9.17, 15) is 9.59 Å². The second-order valence-electron chi connectivity index (χ2n) is 3.94. The molecular weight excluding hydrogens is 234 g/mol. The molecule has 1 aliphatic rings. The number of fused-ring (bicyclic) bond motifs is 1. The zero-order valence-electron chi connectivity index (χ0n) is 10.4. The molecule has 1 aromatic carbocycles. The van der Waals surface area contributed by atoms with Gasteiger partial charge in [0, 0.05) is 0 Å². The van der Waals surface area contributed by atoms with Gasteiger partial charge in [0.25, 0.3) is 5.91 Å². The Balaban J connectivity index is 2.26. The highest BCUT2D eigenvalue weighted by molar-refractivity contribution is 5.99. The summed E-state index contributed by atoms with van der Waals surface area (Å²) in [5.41, 5.74) is 0.907. The summed E-state index contributed by atoms with van der Waals surface area (Å²) in [5, 5.41) is 2.73. The normalized spacial score (nSPS) is 17.4. The first-order valence-electron chi connectivity index (χ1n) is 5.94. The van der Waals surface area contributed by atoms with E-state index < -0.39 is 12.1 Å². The number of hydrogen-bond donors (Lipinski definition) is 1. The van der Waals surface area contributed by atoms with E-state index in [-0.39, 0.29) is 5.91 Å². The van der Waals surface area contributed by atoms with E-state index in [0.29, 0.717) is 30.0 Å². The maximum atomic E-state index is 11.6. The minimum atomic E-state index is -0.467. The quantitative estimate of drug-likeness (QED) is 0.832. The maximum absolute atomic E-state index is 11.6. The summed E-state index contributed by atoms with van der Waals surface area (Å²) in [6.45, 7) is 3.94. The van der Waals surface area contributed by atoms with Crippen LogP contribution in [-0.4, -0.2) is 24.6 Å². The summed E-state index contributed by atoms with van der Waals surface area (Å²) in [7, 11) is 0. The van der Waals surface area contributed by atoms with Gasteiger partial charge in [-0.15, -0.1) is 0 Å². The number of ether oxygens (including phenoxy) is 2. The van der Waals surface area contributed by atoms with Gasteiger partial charge in [0.05, 0.1) is 17.9 Å². The lowest BCUT2D eigenvalue weighted by molar-refractivity contribution is -0.123. The number of carbonyl (C=O) groups excluding carboxylic acids is 2. The van der Waals surface area contributed by atoms with Crippen LogP contribution in [0.15, 0.2) is 18.2 Å². The van der Waals surface area contributed by atoms with Crippen LogP contribution in [0.1, 0.15) is 30.6 Å². The van der Waals surface area contributed by atoms with Gasteiger partial charge in [0.1, 0.15) is 5.75 Å². The molecule has 1 aliphatic heterocycles. The molecule has 0 unspecified atom stereocenters. The van der Waals surface area contributed by atoms with Crippen LogP contribution in [0, 0.1) is 0 Å². The van der Waals surface area contributed by atoms with Crippen LogP contribution in [0.5, 0.6) is 5.75 Å². The predicted molar refractivity (Wildman–Crippen MR) is 65.7 cm³/mol. The average Bonchev–Trinajstić information content (AvgIpc) is 2.37. The van der Waals surface area contributed by atoms with Gasteiger partial charge >= 0.3 is 5.97 Å². The third-order valence-corrected chi connectivity index (χ3v) is 2.68. The van der Waals surface area contributed by atoms with Crippen molar-refractivity contribution >= 4 is 17.6 Å². The van der Waals surface area contributed by atoms with E-state index in [2.05, 4.69) is 5.32 Å². The largest absolute Gasteiger partial charge is 0.478 e. The molecule has 1 amide bonds. The van der Waals surface area contributed by atoms with Gasteiger partial charge in [-0.2, -0.15) is 0 Å². The molecule has 18 heavy (non-hydrogen) atoms. The van der Waals surface area contributed by atoms with Crippen LogP contribution in [0.4, 0.5) is 5.69 Å². The number of nitrogens with one attached hydrogen (secondary N) is 1. The first-order valence-corrected chi connectivity index (χ1v) is 5.94. The van der Waals surface area contributed by atoms with Crippen LogP contribution < -0.4 is 10.1 Å². The van der Waals surface area contributed by atoms with Crippen molar-refractivity contribution in [2.75, 3.05) is 11.9 Å². The summed E-state index contributed by atoms with van der Waals surface area (Å²) in [6, 6.07) is 4.86. The first-order chi connectivity index (χ1) is 8.65. The Morgan fingerprint density at radius 2 is 2.22 bits per heavy atom. The standard InChI is InChI=1S/C13H15NO4/c1-3-10-12(15)14-9-7-8(13(16)17-4-2)5-6-11(9)18-10/h5-7,10H,3-4H2,1-2H3,(H,14,15)/t10-/m0/s1. The summed E-state index contributed by atoms with van der Waals surface area (Å²) in [4.78, 5) is 23.2. The van der Waals surface area contributed by atoms with Crippen molar-refractivity contribution in [2.24, 2.45) is 0 Å². The van der Waals surface area contributed by atoms with Crippen molar-refractivity contribution < 1.29 is 19.1 Å². The third-order valence-electron chi connectivity index (χ3n) is 2.68. The van der Waals surface area contributed by atoms with Gasteiger partial charge in [-0.3, -0.25) is 4.79 Å². The monoisotopic (exact) mass is 249 g/mol. The number of carbonyl (C=O) groups is 2. The molecule has 1 atom stereocenters. The predicted octanol–water partition coefficient (Wildman–Crippen LogP) is 1.97. The Labute approximate surface area is 105 Å². The Hall–Kier alpha value is -2.04. The molecule has 2 rings (SSSR count). The van der Waals surface area contributed by atoms with Crippen molar-refractivity contribution in [3.63, 3.8) is 0 Å². The minimum absolute atomic E-state index is 0.189. The molecule has 0 aromatic heterocycles. The fourth-order valence-electron chi connectivity index (χ4n) is 1.76. The van der Waals surface area contributed by atoms with Crippen LogP contribution >= 0.6 is 0 Å². The number of hydrogen-bond acceptors (Lipinski definition) is 4. The van der Waals surface area contributed by atoms with Crippen LogP contribution in [-0.2, 0) is 9.53 Å². The van der Waals surface area contributed by atoms with Crippen molar-refractivity contribution in [2.45, 2.75) is 26.4 Å². The zero-order valence-corrected chi connectivity index (χ0v) is 10.4. The number of benzene rings is 1. The SMILES string of the molecule is CCOC(=O)c1ccc2c(c1)NC(=O)[C@H](CC)O2. The van der Waals surface area contributed by atoms with Gasteiger partial charge in [-0.25, -0.2) is 4.79 Å². The van der Waals surface area contributed by atoms with Crippen molar-refractivity contribution in [1.82, 2.24) is 0 Å². The number of anilines is 1. The molecule has 0 saturated heterocycles. The Bertz CT molecular complexity index is 484. The second kappa shape index (κ2) is 5.08. The molecule has 0 radical (unpaired) electrons. The van der Waals surface area contributed by atoms with E-state index >= 15 is 0 Å². The number of esters is 1. The highest BCUT2D eigenvalue weighted by Crippen LogP contribution is 2.31. The second-order valence-corrected chi connectivity index (χ2v) is 3.94. The average molecular weight is 249 g/mol. The van der Waals surface area contributed by atoms with Crippen LogP contribution in [0.2, 0.25) is 0 Å².